The number of hydrogen-bond acceptors (Lipinski definition) is 9. The Morgan fingerprint density at radius 2 is 1.00 bits per heavy atom. The lowest BCUT2D eigenvalue weighted by atomic mass is 9.75. The summed E-state index contributed by atoms with van der Waals surface area (Å²) in [6.07, 6.45) is 0.326. The summed E-state index contributed by atoms with van der Waals surface area (Å²) in [5.41, 5.74) is -0.539. The van der Waals surface area contributed by atoms with Crippen molar-refractivity contribution < 1.29 is 58.5 Å². The maximum absolute atomic E-state index is 15.1. The molecule has 0 aliphatic carbocycles. The molecule has 0 unspecified atom stereocenters. The third kappa shape index (κ3) is 6.88. The number of ether oxygens (including phenoxy) is 4. The van der Waals surface area contributed by atoms with Crippen LogP contribution in [0, 0.1) is 35.1 Å². The van der Waals surface area contributed by atoms with E-state index in [0.29, 0.717) is 16.5 Å². The van der Waals surface area contributed by atoms with Crippen LogP contribution in [0.4, 0.5) is 17.6 Å². The number of rotatable bonds is 8. The first-order valence-corrected chi connectivity index (χ1v) is 22.4. The molecular formula is C41H40Cl2F4O9S2. The smallest absolute Gasteiger partial charge is 0.189 e. The van der Waals surface area contributed by atoms with E-state index in [-0.39, 0.29) is 84.7 Å². The first-order valence-electron chi connectivity index (χ1n) is 18.7. The fraction of sp³-hybridized carbons (Fsp3) is 0.415. The lowest BCUT2D eigenvalue weighted by Gasteiger charge is -2.50. The number of aliphatic hydroxyl groups is 1. The monoisotopic (exact) mass is 886 g/mol. The number of halogens is 6. The summed E-state index contributed by atoms with van der Waals surface area (Å²) in [6.45, 7) is 1.63. The second-order valence-electron chi connectivity index (χ2n) is 14.6. The van der Waals surface area contributed by atoms with E-state index in [1.807, 2.05) is 6.92 Å². The van der Waals surface area contributed by atoms with E-state index in [2.05, 4.69) is 0 Å². The Kier molecular flexibility index (Phi) is 12.2. The Hall–Kier alpha value is -3.44. The van der Waals surface area contributed by atoms with E-state index < -0.39 is 76.5 Å². The van der Waals surface area contributed by atoms with Gasteiger partial charge in [0.05, 0.1) is 46.3 Å². The number of fused-ring (bicyclic) bond motifs is 6. The zero-order chi connectivity index (χ0) is 41.6. The molecule has 4 heterocycles. The van der Waals surface area contributed by atoms with Crippen LogP contribution in [0.15, 0.2) is 82.6 Å². The SMILES string of the molecule is CCC[C@H]1OCC[C@]2(S(=O)(=O)c3ccc(Cl)cc3)c3c(F)ccc(F)c3OC[C@H]12.O=S(=O)(c1ccc(Cl)cc1)[C@]12CCO[C@H](CCO)[C@H]1COc1c(F)ccc(F)c12. The Labute approximate surface area is 344 Å². The van der Waals surface area contributed by atoms with E-state index in [4.69, 9.17) is 42.1 Å². The van der Waals surface area contributed by atoms with Gasteiger partial charge in [-0.05, 0) is 98.5 Å². The van der Waals surface area contributed by atoms with Crippen LogP contribution < -0.4 is 9.47 Å². The van der Waals surface area contributed by atoms with Gasteiger partial charge in [0.15, 0.2) is 42.8 Å². The molecule has 0 saturated carbocycles. The highest BCUT2D eigenvalue weighted by atomic mass is 35.5. The lowest BCUT2D eigenvalue weighted by molar-refractivity contribution is -0.0806. The number of hydrogen-bond donors (Lipinski definition) is 1. The van der Waals surface area contributed by atoms with Crippen molar-refractivity contribution in [2.75, 3.05) is 33.0 Å². The zero-order valence-electron chi connectivity index (χ0n) is 31.1. The predicted molar refractivity (Wildman–Crippen MR) is 207 cm³/mol. The average Bonchev–Trinajstić information content (AvgIpc) is 3.21. The van der Waals surface area contributed by atoms with Crippen molar-refractivity contribution in [3.8, 4) is 11.5 Å². The van der Waals surface area contributed by atoms with Gasteiger partial charge in [-0.3, -0.25) is 0 Å². The van der Waals surface area contributed by atoms with Crippen LogP contribution in [0.1, 0.15) is 50.2 Å². The summed E-state index contributed by atoms with van der Waals surface area (Å²) >= 11 is 11.8. The summed E-state index contributed by atoms with van der Waals surface area (Å²) < 4.78 is 134. The van der Waals surface area contributed by atoms with Crippen LogP contribution >= 0.6 is 23.2 Å². The maximum Gasteiger partial charge on any atom is 0.189 e. The highest BCUT2D eigenvalue weighted by molar-refractivity contribution is 7.92. The Morgan fingerprint density at radius 3 is 1.38 bits per heavy atom. The zero-order valence-corrected chi connectivity index (χ0v) is 34.3. The van der Waals surface area contributed by atoms with E-state index in [1.165, 1.54) is 48.5 Å². The number of aliphatic hydroxyl groups excluding tert-OH is 1. The molecule has 0 spiro atoms. The van der Waals surface area contributed by atoms with Gasteiger partial charge in [0.2, 0.25) is 0 Å². The molecule has 0 aromatic heterocycles. The molecule has 4 aliphatic heterocycles. The van der Waals surface area contributed by atoms with Crippen LogP contribution in [-0.4, -0.2) is 67.2 Å². The minimum Gasteiger partial charge on any atom is -0.490 e. The summed E-state index contributed by atoms with van der Waals surface area (Å²) in [5.74, 6) is -5.44. The third-order valence-electron chi connectivity index (χ3n) is 11.7. The molecule has 6 atom stereocenters. The largest absolute Gasteiger partial charge is 0.490 e. The molecule has 17 heteroatoms. The second kappa shape index (κ2) is 16.5. The highest BCUT2D eigenvalue weighted by Gasteiger charge is 2.63. The number of sulfone groups is 2. The molecule has 2 saturated heterocycles. The minimum absolute atomic E-state index is 0.0135. The molecule has 2 fully saturated rings. The molecule has 9 nitrogen and oxygen atoms in total. The molecule has 312 valence electrons. The van der Waals surface area contributed by atoms with Gasteiger partial charge in [-0.15, -0.1) is 0 Å². The summed E-state index contributed by atoms with van der Waals surface area (Å²) in [6, 6.07) is 15.1. The molecule has 58 heavy (non-hydrogen) atoms. The molecule has 0 radical (unpaired) electrons. The van der Waals surface area contributed by atoms with Gasteiger partial charge in [0.1, 0.15) is 21.1 Å². The predicted octanol–water partition coefficient (Wildman–Crippen LogP) is 8.35. The lowest BCUT2D eigenvalue weighted by Crippen LogP contribution is -2.57. The van der Waals surface area contributed by atoms with E-state index in [1.54, 1.807) is 0 Å². The second-order valence-corrected chi connectivity index (χ2v) is 19.9. The fourth-order valence-electron chi connectivity index (χ4n) is 9.08. The molecule has 4 aromatic carbocycles. The van der Waals surface area contributed by atoms with Crippen LogP contribution in [-0.2, 0) is 38.6 Å². The summed E-state index contributed by atoms with van der Waals surface area (Å²) in [4.78, 5) is -0.0337. The molecule has 8 rings (SSSR count). The Morgan fingerprint density at radius 1 is 0.621 bits per heavy atom. The van der Waals surface area contributed by atoms with Crippen LogP contribution in [0.25, 0.3) is 0 Å². The van der Waals surface area contributed by atoms with Gasteiger partial charge in [0.25, 0.3) is 0 Å². The van der Waals surface area contributed by atoms with E-state index >= 15 is 8.78 Å². The van der Waals surface area contributed by atoms with Crippen molar-refractivity contribution in [1.29, 1.82) is 0 Å². The standard InChI is InChI=1S/C21H21ClF2O4S.C20H19ClF2O5S/c1-2-3-18-15-12-28-20-17(24)9-8-16(23)19(20)21(15,10-11-27-18)29(25,26)14-6-4-13(22)5-7-14;21-12-1-3-13(4-2-12)29(25,26)20-8-10-27-17(7-9-24)14(20)11-28-19-16(23)6-5-15(22)18(19)20/h4-9,15,18H,2-3,10-12H2,1H3;1-6,14,17,24H,7-11H2/t15-,18-,21-;14-,17-,20-/m11/s1. The van der Waals surface area contributed by atoms with Crippen LogP contribution in [0.3, 0.4) is 0 Å². The van der Waals surface area contributed by atoms with Gasteiger partial charge in [-0.25, -0.2) is 34.4 Å². The van der Waals surface area contributed by atoms with Crippen molar-refractivity contribution in [2.24, 2.45) is 11.8 Å². The molecule has 0 amide bonds. The van der Waals surface area contributed by atoms with Crippen LogP contribution in [0.5, 0.6) is 11.5 Å². The average molecular weight is 888 g/mol. The number of benzene rings is 4. The minimum atomic E-state index is -4.21. The Bertz CT molecular complexity index is 2220. The van der Waals surface area contributed by atoms with E-state index in [0.717, 1.165) is 30.7 Å². The summed E-state index contributed by atoms with van der Waals surface area (Å²) in [7, 11) is -8.34. The van der Waals surface area contributed by atoms with Crippen molar-refractivity contribution in [1.82, 2.24) is 0 Å². The van der Waals surface area contributed by atoms with Gasteiger partial charge in [-0.2, -0.15) is 0 Å². The molecule has 4 aromatic rings. The van der Waals surface area contributed by atoms with Crippen LogP contribution in [0.2, 0.25) is 10.0 Å². The van der Waals surface area contributed by atoms with Crippen molar-refractivity contribution >= 4 is 42.9 Å². The molecular weight excluding hydrogens is 847 g/mol. The fourth-order valence-corrected chi connectivity index (χ4v) is 14.0. The Balaban J connectivity index is 0.000000177. The van der Waals surface area contributed by atoms with Gasteiger partial charge in [-0.1, -0.05) is 36.5 Å². The van der Waals surface area contributed by atoms with Gasteiger partial charge >= 0.3 is 0 Å². The third-order valence-corrected chi connectivity index (χ3v) is 17.3. The quantitative estimate of drug-likeness (QED) is 0.174. The molecule has 4 aliphatic rings. The first kappa shape index (κ1) is 42.7. The maximum atomic E-state index is 15.1. The highest BCUT2D eigenvalue weighted by Crippen LogP contribution is 2.57. The topological polar surface area (TPSA) is 125 Å². The van der Waals surface area contributed by atoms with Crippen molar-refractivity contribution in [3.05, 3.63) is 117 Å². The molecule has 0 bridgehead atoms. The van der Waals surface area contributed by atoms with E-state index in [9.17, 15) is 30.7 Å². The van der Waals surface area contributed by atoms with Gasteiger partial charge in [0, 0.05) is 41.7 Å². The van der Waals surface area contributed by atoms with Gasteiger partial charge < -0.3 is 24.1 Å². The van der Waals surface area contributed by atoms with Crippen molar-refractivity contribution in [2.45, 2.75) is 70.5 Å². The normalized spacial score (nSPS) is 26.3. The molecule has 1 N–H and O–H groups in total. The van der Waals surface area contributed by atoms with Crippen molar-refractivity contribution in [3.63, 3.8) is 0 Å². The first-order chi connectivity index (χ1) is 27.6. The summed E-state index contributed by atoms with van der Waals surface area (Å²) in [5, 5.41) is 10.2.